The van der Waals surface area contributed by atoms with Gasteiger partial charge in [0.15, 0.2) is 6.29 Å². The summed E-state index contributed by atoms with van der Waals surface area (Å²) in [6.45, 7) is 2.64. The monoisotopic (exact) mass is 559 g/mol. The number of amides is 2. The Bertz CT molecular complexity index is 1760. The van der Waals surface area contributed by atoms with Crippen molar-refractivity contribution in [1.82, 2.24) is 9.55 Å². The van der Waals surface area contributed by atoms with E-state index >= 15 is 0 Å². The molecule has 4 atom stereocenters. The minimum Gasteiger partial charge on any atom is -0.392 e. The van der Waals surface area contributed by atoms with Crippen LogP contribution in [-0.4, -0.2) is 32.6 Å². The molecule has 1 N–H and O–H groups in total. The SMILES string of the molecule is CC1C(Cn2cnc3ccccc32)OC(c2cccc(N3C(=O)c4ccccc4C3=O)c2)OC1c1ccc(CO)cc1. The lowest BCUT2D eigenvalue weighted by Gasteiger charge is -2.41. The van der Waals surface area contributed by atoms with Crippen molar-refractivity contribution in [3.8, 4) is 0 Å². The van der Waals surface area contributed by atoms with Crippen LogP contribution in [0.2, 0.25) is 0 Å². The van der Waals surface area contributed by atoms with Crippen LogP contribution in [0.15, 0.2) is 103 Å². The van der Waals surface area contributed by atoms with Crippen molar-refractivity contribution in [3.05, 3.63) is 131 Å². The van der Waals surface area contributed by atoms with E-state index in [1.807, 2.05) is 67.0 Å². The number of aromatic nitrogens is 2. The second-order valence-electron chi connectivity index (χ2n) is 10.8. The van der Waals surface area contributed by atoms with Crippen molar-refractivity contribution in [2.24, 2.45) is 5.92 Å². The highest BCUT2D eigenvalue weighted by Crippen LogP contribution is 2.43. The molecule has 1 aromatic heterocycles. The summed E-state index contributed by atoms with van der Waals surface area (Å²) in [4.78, 5) is 32.1. The Balaban J connectivity index is 1.23. The molecule has 0 aliphatic carbocycles. The quantitative estimate of drug-likeness (QED) is 0.264. The van der Waals surface area contributed by atoms with Crippen LogP contribution in [0.3, 0.4) is 0 Å². The van der Waals surface area contributed by atoms with E-state index in [4.69, 9.17) is 9.47 Å². The maximum atomic E-state index is 13.2. The van der Waals surface area contributed by atoms with Gasteiger partial charge in [-0.15, -0.1) is 0 Å². The summed E-state index contributed by atoms with van der Waals surface area (Å²) in [6, 6.07) is 29.8. The number of hydrogen-bond donors (Lipinski definition) is 1. The lowest BCUT2D eigenvalue weighted by Crippen LogP contribution is -2.39. The molecule has 2 amide bonds. The second-order valence-corrected chi connectivity index (χ2v) is 10.8. The summed E-state index contributed by atoms with van der Waals surface area (Å²) in [5, 5.41) is 9.55. The molecule has 42 heavy (non-hydrogen) atoms. The summed E-state index contributed by atoms with van der Waals surface area (Å²) in [5.41, 5.74) is 5.69. The Morgan fingerprint density at radius 2 is 1.52 bits per heavy atom. The van der Waals surface area contributed by atoms with Crippen LogP contribution in [-0.2, 0) is 22.6 Å². The Morgan fingerprint density at radius 1 is 0.810 bits per heavy atom. The Kier molecular flexibility index (Phi) is 6.66. The smallest absolute Gasteiger partial charge is 0.266 e. The summed E-state index contributed by atoms with van der Waals surface area (Å²) in [5.74, 6) is -0.723. The van der Waals surface area contributed by atoms with Crippen molar-refractivity contribution in [2.45, 2.75) is 38.6 Å². The number of imide groups is 1. The topological polar surface area (TPSA) is 93.9 Å². The molecule has 0 bridgehead atoms. The predicted octanol–water partition coefficient (Wildman–Crippen LogP) is 5.82. The lowest BCUT2D eigenvalue weighted by molar-refractivity contribution is -0.276. The average molecular weight is 560 g/mol. The Morgan fingerprint density at radius 3 is 2.26 bits per heavy atom. The zero-order valence-electron chi connectivity index (χ0n) is 23.0. The van der Waals surface area contributed by atoms with Gasteiger partial charge in [0.25, 0.3) is 11.8 Å². The zero-order chi connectivity index (χ0) is 28.8. The van der Waals surface area contributed by atoms with Crippen LogP contribution in [0.5, 0.6) is 0 Å². The molecule has 5 aromatic rings. The second kappa shape index (κ2) is 10.6. The molecule has 7 rings (SSSR count). The van der Waals surface area contributed by atoms with E-state index < -0.39 is 6.29 Å². The standard InChI is InChI=1S/C34H29N3O5/c1-21-30(18-36-20-35-28-11-4-5-12-29(28)36)41-34(42-31(21)23-15-13-22(19-38)14-16-23)24-7-6-8-25(17-24)37-32(39)26-9-2-3-10-27(26)33(37)40/h2-17,20-21,30-31,34,38H,18-19H2,1H3. The molecule has 0 radical (unpaired) electrons. The molecule has 8 heteroatoms. The molecule has 0 spiro atoms. The van der Waals surface area contributed by atoms with Gasteiger partial charge in [-0.25, -0.2) is 9.88 Å². The third-order valence-corrected chi connectivity index (χ3v) is 8.22. The maximum absolute atomic E-state index is 13.2. The third-order valence-electron chi connectivity index (χ3n) is 8.22. The van der Waals surface area contributed by atoms with Gasteiger partial charge in [-0.1, -0.05) is 67.6 Å². The number of aliphatic hydroxyl groups is 1. The first-order valence-corrected chi connectivity index (χ1v) is 14.0. The Hall–Kier alpha value is -4.63. The van der Waals surface area contributed by atoms with Crippen LogP contribution in [0.25, 0.3) is 11.0 Å². The number of benzene rings is 4. The number of hydrogen-bond acceptors (Lipinski definition) is 6. The van der Waals surface area contributed by atoms with Crippen molar-refractivity contribution in [3.63, 3.8) is 0 Å². The maximum Gasteiger partial charge on any atom is 0.266 e. The number of imidazole rings is 1. The van der Waals surface area contributed by atoms with Crippen LogP contribution < -0.4 is 4.90 Å². The molecule has 2 aliphatic heterocycles. The van der Waals surface area contributed by atoms with Gasteiger partial charge < -0.3 is 19.1 Å². The van der Waals surface area contributed by atoms with E-state index in [1.165, 1.54) is 4.90 Å². The van der Waals surface area contributed by atoms with Gasteiger partial charge in [0.2, 0.25) is 0 Å². The van der Waals surface area contributed by atoms with Gasteiger partial charge in [-0.2, -0.15) is 0 Å². The first-order valence-electron chi connectivity index (χ1n) is 14.0. The number of carbonyl (C=O) groups excluding carboxylic acids is 2. The molecular formula is C34H29N3O5. The van der Waals surface area contributed by atoms with Crippen molar-refractivity contribution >= 4 is 28.5 Å². The number of aliphatic hydroxyl groups excluding tert-OH is 1. The summed E-state index contributed by atoms with van der Waals surface area (Å²) in [6.07, 6.45) is 0.531. The molecule has 1 fully saturated rings. The molecule has 0 saturated carbocycles. The van der Waals surface area contributed by atoms with Crippen molar-refractivity contribution in [2.75, 3.05) is 4.90 Å². The molecule has 4 unspecified atom stereocenters. The fraction of sp³-hybridized carbons (Fsp3) is 0.206. The number of fused-ring (bicyclic) bond motifs is 2. The number of ether oxygens (including phenoxy) is 2. The minimum absolute atomic E-state index is 0.0261. The van der Waals surface area contributed by atoms with E-state index in [0.717, 1.165) is 22.2 Å². The number of nitrogens with zero attached hydrogens (tertiary/aromatic N) is 3. The van der Waals surface area contributed by atoms with Gasteiger partial charge in [-0.3, -0.25) is 9.59 Å². The highest BCUT2D eigenvalue weighted by atomic mass is 16.7. The predicted molar refractivity (Wildman–Crippen MR) is 157 cm³/mol. The minimum atomic E-state index is -0.751. The highest BCUT2D eigenvalue weighted by molar-refractivity contribution is 6.34. The van der Waals surface area contributed by atoms with Gasteiger partial charge >= 0.3 is 0 Å². The lowest BCUT2D eigenvalue weighted by atomic mass is 9.90. The molecule has 4 aromatic carbocycles. The summed E-state index contributed by atoms with van der Waals surface area (Å²) in [7, 11) is 0. The number of para-hydroxylation sites is 2. The largest absolute Gasteiger partial charge is 0.392 e. The van der Waals surface area contributed by atoms with Crippen molar-refractivity contribution in [1.29, 1.82) is 0 Å². The Labute approximate surface area is 242 Å². The first-order chi connectivity index (χ1) is 20.5. The molecule has 210 valence electrons. The average Bonchev–Trinajstić information content (AvgIpc) is 3.56. The van der Waals surface area contributed by atoms with E-state index in [1.54, 1.807) is 36.4 Å². The summed E-state index contributed by atoms with van der Waals surface area (Å²) < 4.78 is 15.4. The third kappa shape index (κ3) is 4.50. The number of carbonyl (C=O) groups is 2. The van der Waals surface area contributed by atoms with Gasteiger partial charge in [-0.05, 0) is 47.5 Å². The first kappa shape index (κ1) is 26.3. The molecule has 3 heterocycles. The van der Waals surface area contributed by atoms with E-state index in [2.05, 4.69) is 16.5 Å². The number of rotatable bonds is 6. The van der Waals surface area contributed by atoms with E-state index in [0.29, 0.717) is 28.9 Å². The van der Waals surface area contributed by atoms with Crippen LogP contribution in [0.4, 0.5) is 5.69 Å². The van der Waals surface area contributed by atoms with E-state index in [9.17, 15) is 14.7 Å². The molecular weight excluding hydrogens is 530 g/mol. The van der Waals surface area contributed by atoms with E-state index in [-0.39, 0.29) is 36.5 Å². The highest BCUT2D eigenvalue weighted by Gasteiger charge is 2.40. The van der Waals surface area contributed by atoms with Crippen LogP contribution >= 0.6 is 0 Å². The number of anilines is 1. The van der Waals surface area contributed by atoms with Crippen LogP contribution in [0, 0.1) is 5.92 Å². The molecule has 1 saturated heterocycles. The van der Waals surface area contributed by atoms with Gasteiger partial charge in [0, 0.05) is 11.5 Å². The fourth-order valence-electron chi connectivity index (χ4n) is 5.91. The van der Waals surface area contributed by atoms with Gasteiger partial charge in [0.05, 0.1) is 59.5 Å². The van der Waals surface area contributed by atoms with Crippen LogP contribution in [0.1, 0.15) is 56.7 Å². The fourth-order valence-corrected chi connectivity index (χ4v) is 5.91. The molecule has 8 nitrogen and oxygen atoms in total. The normalized spacial score (nSPS) is 22.1. The van der Waals surface area contributed by atoms with Gasteiger partial charge in [0.1, 0.15) is 0 Å². The summed E-state index contributed by atoms with van der Waals surface area (Å²) >= 11 is 0. The van der Waals surface area contributed by atoms with Crippen molar-refractivity contribution < 1.29 is 24.2 Å². The zero-order valence-corrected chi connectivity index (χ0v) is 23.0. The molecule has 2 aliphatic rings.